The Morgan fingerprint density at radius 1 is 1.52 bits per heavy atom. The van der Waals surface area contributed by atoms with E-state index in [1.54, 1.807) is 18.2 Å². The molecule has 1 aromatic carbocycles. The highest BCUT2D eigenvalue weighted by atomic mass is 79.9. The second-order valence-electron chi connectivity index (χ2n) is 5.00. The summed E-state index contributed by atoms with van der Waals surface area (Å²) < 4.78 is 6.12. The summed E-state index contributed by atoms with van der Waals surface area (Å²) in [7, 11) is 0. The number of ether oxygens (including phenoxy) is 1. The standard InChI is InChI=1S/C15H18BrN3O2/c1-2-5-18-14-9-21-8-11(14)15(20)19-13-4-3-10(7-17)6-12(13)16/h3-4,6,11,14,18H,2,5,8-9H2,1H3,(H,19,20). The van der Waals surface area contributed by atoms with E-state index in [2.05, 4.69) is 39.6 Å². The molecule has 21 heavy (non-hydrogen) atoms. The van der Waals surface area contributed by atoms with Crippen molar-refractivity contribution in [1.29, 1.82) is 5.26 Å². The van der Waals surface area contributed by atoms with Gasteiger partial charge in [0, 0.05) is 10.5 Å². The van der Waals surface area contributed by atoms with Crippen LogP contribution in [-0.4, -0.2) is 31.7 Å². The van der Waals surface area contributed by atoms with Gasteiger partial charge in [0.1, 0.15) is 0 Å². The first kappa shape index (κ1) is 16.0. The summed E-state index contributed by atoms with van der Waals surface area (Å²) in [5, 5.41) is 15.1. The zero-order valence-corrected chi connectivity index (χ0v) is 13.4. The van der Waals surface area contributed by atoms with Crippen molar-refractivity contribution in [2.75, 3.05) is 25.1 Å². The molecule has 0 saturated carbocycles. The summed E-state index contributed by atoms with van der Waals surface area (Å²) in [5.74, 6) is -0.259. The minimum atomic E-state index is -0.195. The van der Waals surface area contributed by atoms with E-state index in [0.717, 1.165) is 13.0 Å². The molecule has 0 spiro atoms. The van der Waals surface area contributed by atoms with Crippen molar-refractivity contribution < 1.29 is 9.53 Å². The fourth-order valence-electron chi connectivity index (χ4n) is 2.26. The van der Waals surface area contributed by atoms with Gasteiger partial charge in [0.05, 0.1) is 36.5 Å². The van der Waals surface area contributed by atoms with Crippen LogP contribution in [0.2, 0.25) is 0 Å². The molecule has 0 bridgehead atoms. The maximum Gasteiger partial charge on any atom is 0.231 e. The Hall–Kier alpha value is -1.42. The fraction of sp³-hybridized carbons (Fsp3) is 0.467. The van der Waals surface area contributed by atoms with Crippen LogP contribution in [0.3, 0.4) is 0 Å². The smallest absolute Gasteiger partial charge is 0.231 e. The largest absolute Gasteiger partial charge is 0.379 e. The van der Waals surface area contributed by atoms with Crippen LogP contribution in [0.4, 0.5) is 5.69 Å². The molecule has 0 aromatic heterocycles. The van der Waals surface area contributed by atoms with Gasteiger partial charge in [-0.05, 0) is 47.1 Å². The normalized spacial score (nSPS) is 21.0. The topological polar surface area (TPSA) is 74.2 Å². The third-order valence-corrected chi connectivity index (χ3v) is 4.09. The lowest BCUT2D eigenvalue weighted by molar-refractivity contribution is -0.120. The predicted molar refractivity (Wildman–Crippen MR) is 83.9 cm³/mol. The summed E-state index contributed by atoms with van der Waals surface area (Å²) in [6.45, 7) is 3.96. The van der Waals surface area contributed by atoms with Crippen LogP contribution in [0.25, 0.3) is 0 Å². The van der Waals surface area contributed by atoms with Crippen molar-refractivity contribution in [1.82, 2.24) is 5.32 Å². The van der Waals surface area contributed by atoms with Crippen LogP contribution in [0.1, 0.15) is 18.9 Å². The van der Waals surface area contributed by atoms with Crippen LogP contribution in [0, 0.1) is 17.2 Å². The van der Waals surface area contributed by atoms with Crippen LogP contribution < -0.4 is 10.6 Å². The first-order chi connectivity index (χ1) is 10.2. The molecule has 112 valence electrons. The molecule has 2 unspecified atom stereocenters. The number of nitrogens with one attached hydrogen (secondary N) is 2. The summed E-state index contributed by atoms with van der Waals surface area (Å²) >= 11 is 3.37. The second kappa shape index (κ2) is 7.55. The van der Waals surface area contributed by atoms with E-state index in [-0.39, 0.29) is 17.9 Å². The van der Waals surface area contributed by atoms with Crippen LogP contribution >= 0.6 is 15.9 Å². The number of halogens is 1. The number of benzene rings is 1. The van der Waals surface area contributed by atoms with Crippen molar-refractivity contribution in [2.24, 2.45) is 5.92 Å². The van der Waals surface area contributed by atoms with Gasteiger partial charge in [0.2, 0.25) is 5.91 Å². The molecule has 1 aliphatic heterocycles. The third kappa shape index (κ3) is 4.03. The number of carbonyl (C=O) groups excluding carboxylic acids is 1. The van der Waals surface area contributed by atoms with Crippen molar-refractivity contribution in [3.05, 3.63) is 28.2 Å². The van der Waals surface area contributed by atoms with Crippen molar-refractivity contribution in [3.8, 4) is 6.07 Å². The Morgan fingerprint density at radius 2 is 2.33 bits per heavy atom. The summed E-state index contributed by atoms with van der Waals surface area (Å²) in [4.78, 5) is 12.4. The van der Waals surface area contributed by atoms with Gasteiger partial charge in [0.25, 0.3) is 0 Å². The number of amides is 1. The first-order valence-corrected chi connectivity index (χ1v) is 7.76. The highest BCUT2D eigenvalue weighted by molar-refractivity contribution is 9.10. The van der Waals surface area contributed by atoms with E-state index < -0.39 is 0 Å². The minimum absolute atomic E-state index is 0.0575. The maximum absolute atomic E-state index is 12.4. The lowest BCUT2D eigenvalue weighted by Crippen LogP contribution is -2.41. The molecule has 1 aliphatic rings. The Kier molecular flexibility index (Phi) is 5.74. The first-order valence-electron chi connectivity index (χ1n) is 6.97. The van der Waals surface area contributed by atoms with Crippen molar-refractivity contribution in [3.63, 3.8) is 0 Å². The molecule has 1 heterocycles. The zero-order valence-electron chi connectivity index (χ0n) is 11.9. The van der Waals surface area contributed by atoms with Gasteiger partial charge in [-0.25, -0.2) is 0 Å². The van der Waals surface area contributed by atoms with E-state index in [1.807, 2.05) is 0 Å². The SMILES string of the molecule is CCCNC1COCC1C(=O)Nc1ccc(C#N)cc1Br. The molecule has 0 radical (unpaired) electrons. The molecule has 2 N–H and O–H groups in total. The molecule has 1 saturated heterocycles. The van der Waals surface area contributed by atoms with Crippen LogP contribution in [0.15, 0.2) is 22.7 Å². The molecule has 6 heteroatoms. The average Bonchev–Trinajstić information content (AvgIpc) is 2.95. The Balaban J connectivity index is 2.02. The second-order valence-corrected chi connectivity index (χ2v) is 5.85. The van der Waals surface area contributed by atoms with E-state index in [0.29, 0.717) is 28.9 Å². The van der Waals surface area contributed by atoms with E-state index >= 15 is 0 Å². The Labute approximate surface area is 132 Å². The van der Waals surface area contributed by atoms with E-state index in [4.69, 9.17) is 10.00 Å². The average molecular weight is 352 g/mol. The Bertz CT molecular complexity index is 556. The molecule has 1 amide bonds. The Morgan fingerprint density at radius 3 is 3.00 bits per heavy atom. The highest BCUT2D eigenvalue weighted by Crippen LogP contribution is 2.25. The van der Waals surface area contributed by atoms with Gasteiger partial charge in [-0.1, -0.05) is 6.92 Å². The monoisotopic (exact) mass is 351 g/mol. The van der Waals surface area contributed by atoms with Crippen molar-refractivity contribution >= 4 is 27.5 Å². The number of carbonyl (C=O) groups is 1. The number of nitriles is 1. The lowest BCUT2D eigenvalue weighted by atomic mass is 10.0. The van der Waals surface area contributed by atoms with Gasteiger partial charge in [-0.15, -0.1) is 0 Å². The van der Waals surface area contributed by atoms with E-state index in [9.17, 15) is 4.79 Å². The number of hydrogen-bond acceptors (Lipinski definition) is 4. The number of rotatable bonds is 5. The number of nitrogens with zero attached hydrogens (tertiary/aromatic N) is 1. The van der Waals surface area contributed by atoms with Gasteiger partial charge in [0.15, 0.2) is 0 Å². The molecule has 1 aromatic rings. The van der Waals surface area contributed by atoms with Gasteiger partial charge in [-0.2, -0.15) is 5.26 Å². The van der Waals surface area contributed by atoms with E-state index in [1.165, 1.54) is 0 Å². The third-order valence-electron chi connectivity index (χ3n) is 3.43. The molecule has 2 atom stereocenters. The number of anilines is 1. The summed E-state index contributed by atoms with van der Waals surface area (Å²) in [6.07, 6.45) is 1.02. The molecule has 2 rings (SSSR count). The molecule has 1 fully saturated rings. The molecular formula is C15H18BrN3O2. The van der Waals surface area contributed by atoms with Crippen LogP contribution in [-0.2, 0) is 9.53 Å². The molecule has 0 aliphatic carbocycles. The lowest BCUT2D eigenvalue weighted by Gasteiger charge is -2.18. The molecular weight excluding hydrogens is 334 g/mol. The van der Waals surface area contributed by atoms with Crippen LogP contribution in [0.5, 0.6) is 0 Å². The predicted octanol–water partition coefficient (Wildman–Crippen LogP) is 2.27. The quantitative estimate of drug-likeness (QED) is 0.853. The highest BCUT2D eigenvalue weighted by Gasteiger charge is 2.33. The fourth-order valence-corrected chi connectivity index (χ4v) is 2.73. The number of hydrogen-bond donors (Lipinski definition) is 2. The zero-order chi connectivity index (χ0) is 15.2. The molecule has 5 nitrogen and oxygen atoms in total. The summed E-state index contributed by atoms with van der Waals surface area (Å²) in [5.41, 5.74) is 1.21. The van der Waals surface area contributed by atoms with Crippen molar-refractivity contribution in [2.45, 2.75) is 19.4 Å². The minimum Gasteiger partial charge on any atom is -0.379 e. The maximum atomic E-state index is 12.4. The van der Waals surface area contributed by atoms with Gasteiger partial charge in [-0.3, -0.25) is 4.79 Å². The van der Waals surface area contributed by atoms with Gasteiger partial charge < -0.3 is 15.4 Å². The van der Waals surface area contributed by atoms with Gasteiger partial charge >= 0.3 is 0 Å². The summed E-state index contributed by atoms with van der Waals surface area (Å²) in [6, 6.07) is 7.21.